The molecule has 35 heavy (non-hydrogen) atoms. The van der Waals surface area contributed by atoms with E-state index in [0.717, 1.165) is 16.9 Å². The van der Waals surface area contributed by atoms with Crippen LogP contribution in [0.1, 0.15) is 21.5 Å². The van der Waals surface area contributed by atoms with Crippen molar-refractivity contribution in [2.75, 3.05) is 4.72 Å². The van der Waals surface area contributed by atoms with E-state index >= 15 is 0 Å². The molecule has 7 nitrogen and oxygen atoms in total. The van der Waals surface area contributed by atoms with Crippen molar-refractivity contribution in [3.05, 3.63) is 107 Å². The lowest BCUT2D eigenvalue weighted by atomic mass is 10.0. The van der Waals surface area contributed by atoms with Gasteiger partial charge in [-0.25, -0.2) is 21.6 Å². The molecule has 0 fully saturated rings. The van der Waals surface area contributed by atoms with Gasteiger partial charge in [-0.15, -0.1) is 11.3 Å². The SMILES string of the molecule is O=C(O)c1cccc(CCc2ccccc2NS(=O)(=O)c2sccc2S(=O)(=O)c2ccccc2)c1. The van der Waals surface area contributed by atoms with Crippen molar-refractivity contribution in [3.63, 3.8) is 0 Å². The molecule has 1 heterocycles. The number of sulfonamides is 1. The number of aromatic carboxylic acids is 1. The van der Waals surface area contributed by atoms with Gasteiger partial charge in [0.05, 0.1) is 16.1 Å². The fourth-order valence-corrected chi connectivity index (χ4v) is 8.25. The monoisotopic (exact) mass is 527 g/mol. The van der Waals surface area contributed by atoms with Crippen LogP contribution < -0.4 is 4.72 Å². The summed E-state index contributed by atoms with van der Waals surface area (Å²) in [4.78, 5) is 11.0. The average molecular weight is 528 g/mol. The molecule has 0 saturated carbocycles. The van der Waals surface area contributed by atoms with Gasteiger partial charge in [0.15, 0.2) is 4.21 Å². The summed E-state index contributed by atoms with van der Waals surface area (Å²) in [5, 5.41) is 10.6. The molecule has 1 aromatic heterocycles. The van der Waals surface area contributed by atoms with Gasteiger partial charge in [0, 0.05) is 0 Å². The lowest BCUT2D eigenvalue weighted by Gasteiger charge is -2.13. The highest BCUT2D eigenvalue weighted by Crippen LogP contribution is 2.33. The Labute approximate surface area is 207 Å². The van der Waals surface area contributed by atoms with Crippen LogP contribution in [0.15, 0.2) is 104 Å². The Morgan fingerprint density at radius 1 is 0.829 bits per heavy atom. The van der Waals surface area contributed by atoms with Crippen LogP contribution in [0.3, 0.4) is 0 Å². The van der Waals surface area contributed by atoms with Crippen molar-refractivity contribution < 1.29 is 26.7 Å². The van der Waals surface area contributed by atoms with E-state index in [1.165, 1.54) is 29.6 Å². The Balaban J connectivity index is 1.60. The molecule has 0 bridgehead atoms. The van der Waals surface area contributed by atoms with Gasteiger partial charge in [-0.2, -0.15) is 0 Å². The number of carboxylic acid groups (broad SMARTS) is 1. The number of benzene rings is 3. The molecule has 0 amide bonds. The maximum absolute atomic E-state index is 13.3. The van der Waals surface area contributed by atoms with Crippen LogP contribution in [-0.2, 0) is 32.7 Å². The minimum atomic E-state index is -4.20. The number of para-hydroxylation sites is 1. The van der Waals surface area contributed by atoms with Gasteiger partial charge in [0.2, 0.25) is 9.84 Å². The average Bonchev–Trinajstić information content (AvgIpc) is 3.36. The normalized spacial score (nSPS) is 11.8. The molecule has 10 heteroatoms. The van der Waals surface area contributed by atoms with Crippen LogP contribution in [0, 0.1) is 0 Å². The Hall–Kier alpha value is -3.47. The van der Waals surface area contributed by atoms with Crippen molar-refractivity contribution in [2.45, 2.75) is 26.8 Å². The minimum Gasteiger partial charge on any atom is -0.478 e. The van der Waals surface area contributed by atoms with Gasteiger partial charge in [-0.1, -0.05) is 48.5 Å². The standard InChI is InChI=1S/C25H21NO6S3/c27-24(28)20-9-6-7-18(17-20)13-14-19-8-4-5-12-22(19)26-35(31,32)25-23(15-16-33-25)34(29,30)21-10-2-1-3-11-21/h1-12,15-17,26H,13-14H2,(H,27,28). The molecule has 4 rings (SSSR count). The number of carboxylic acids is 1. The number of hydrogen-bond donors (Lipinski definition) is 2. The van der Waals surface area contributed by atoms with Gasteiger partial charge in [0.1, 0.15) is 4.90 Å². The van der Waals surface area contributed by atoms with Crippen LogP contribution in [-0.4, -0.2) is 27.9 Å². The van der Waals surface area contributed by atoms with E-state index in [4.69, 9.17) is 0 Å². The number of rotatable bonds is 9. The maximum Gasteiger partial charge on any atom is 0.335 e. The zero-order valence-corrected chi connectivity index (χ0v) is 20.7. The lowest BCUT2D eigenvalue weighted by molar-refractivity contribution is 0.0696. The van der Waals surface area contributed by atoms with Crippen molar-refractivity contribution >= 4 is 42.9 Å². The van der Waals surface area contributed by atoms with E-state index in [-0.39, 0.29) is 19.6 Å². The highest BCUT2D eigenvalue weighted by Gasteiger charge is 2.30. The summed E-state index contributed by atoms with van der Waals surface area (Å²) in [5.41, 5.74) is 2.01. The van der Waals surface area contributed by atoms with Crippen LogP contribution in [0.5, 0.6) is 0 Å². The Kier molecular flexibility index (Phi) is 7.06. The largest absolute Gasteiger partial charge is 0.478 e. The van der Waals surface area contributed by atoms with Crippen LogP contribution in [0.4, 0.5) is 5.69 Å². The van der Waals surface area contributed by atoms with Gasteiger partial charge in [0.25, 0.3) is 10.0 Å². The van der Waals surface area contributed by atoms with Crippen LogP contribution in [0.2, 0.25) is 0 Å². The molecule has 0 unspecified atom stereocenters. The van der Waals surface area contributed by atoms with Crippen LogP contribution in [0.25, 0.3) is 0 Å². The number of thiophene rings is 1. The summed E-state index contributed by atoms with van der Waals surface area (Å²) >= 11 is 0.832. The molecule has 0 saturated heterocycles. The summed E-state index contributed by atoms with van der Waals surface area (Å²) < 4.78 is 55.0. The molecule has 0 aliphatic rings. The summed E-state index contributed by atoms with van der Waals surface area (Å²) in [6.07, 6.45) is 0.938. The molecule has 0 atom stereocenters. The summed E-state index contributed by atoms with van der Waals surface area (Å²) in [6.45, 7) is 0. The Morgan fingerprint density at radius 2 is 1.54 bits per heavy atom. The first-order valence-electron chi connectivity index (χ1n) is 10.5. The molecular weight excluding hydrogens is 506 g/mol. The van der Waals surface area contributed by atoms with E-state index < -0.39 is 25.8 Å². The molecular formula is C25H21NO6S3. The van der Waals surface area contributed by atoms with Crippen LogP contribution >= 0.6 is 11.3 Å². The smallest absolute Gasteiger partial charge is 0.335 e. The van der Waals surface area contributed by atoms with Crippen molar-refractivity contribution in [1.82, 2.24) is 0 Å². The number of hydrogen-bond acceptors (Lipinski definition) is 6. The predicted molar refractivity (Wildman–Crippen MR) is 134 cm³/mol. The number of aryl methyl sites for hydroxylation is 2. The minimum absolute atomic E-state index is 0.0128. The summed E-state index contributed by atoms with van der Waals surface area (Å²) in [6, 6.07) is 22.4. The van der Waals surface area contributed by atoms with Gasteiger partial charge in [-0.05, 0) is 65.7 Å². The van der Waals surface area contributed by atoms with Gasteiger partial charge in [-0.3, -0.25) is 4.72 Å². The number of sulfone groups is 1. The van der Waals surface area contributed by atoms with Crippen molar-refractivity contribution in [2.24, 2.45) is 0 Å². The molecule has 2 N–H and O–H groups in total. The first-order chi connectivity index (χ1) is 16.7. The first-order valence-corrected chi connectivity index (χ1v) is 14.3. The van der Waals surface area contributed by atoms with E-state index in [2.05, 4.69) is 4.72 Å². The summed E-state index contributed by atoms with van der Waals surface area (Å²) in [7, 11) is -8.23. The van der Waals surface area contributed by atoms with Gasteiger partial charge < -0.3 is 5.11 Å². The van der Waals surface area contributed by atoms with E-state index in [1.54, 1.807) is 54.6 Å². The predicted octanol–water partition coefficient (Wildman–Crippen LogP) is 4.87. The second kappa shape index (κ2) is 10.0. The third-order valence-corrected chi connectivity index (χ3v) is 10.2. The van der Waals surface area contributed by atoms with E-state index in [1.807, 2.05) is 6.07 Å². The first kappa shape index (κ1) is 24.6. The highest BCUT2D eigenvalue weighted by molar-refractivity contribution is 7.96. The number of anilines is 1. The zero-order chi connectivity index (χ0) is 25.1. The number of nitrogens with one attached hydrogen (secondary N) is 1. The maximum atomic E-state index is 13.3. The fourth-order valence-electron chi connectivity index (χ4n) is 3.57. The molecule has 180 valence electrons. The third-order valence-electron chi connectivity index (χ3n) is 5.30. The second-order valence-electron chi connectivity index (χ2n) is 7.66. The zero-order valence-electron chi connectivity index (χ0n) is 18.3. The van der Waals surface area contributed by atoms with E-state index in [0.29, 0.717) is 24.1 Å². The molecule has 0 spiro atoms. The fraction of sp³-hybridized carbons (Fsp3) is 0.0800. The molecule has 0 radical (unpaired) electrons. The second-order valence-corrected chi connectivity index (χ2v) is 12.4. The Bertz CT molecular complexity index is 1580. The van der Waals surface area contributed by atoms with Crippen molar-refractivity contribution in [3.8, 4) is 0 Å². The van der Waals surface area contributed by atoms with Crippen molar-refractivity contribution in [1.29, 1.82) is 0 Å². The van der Waals surface area contributed by atoms with E-state index in [9.17, 15) is 26.7 Å². The quantitative estimate of drug-likeness (QED) is 0.321. The number of carbonyl (C=O) groups is 1. The Morgan fingerprint density at radius 3 is 2.29 bits per heavy atom. The molecule has 0 aliphatic carbocycles. The topological polar surface area (TPSA) is 118 Å². The lowest BCUT2D eigenvalue weighted by Crippen LogP contribution is -2.16. The molecule has 3 aromatic carbocycles. The highest BCUT2D eigenvalue weighted by atomic mass is 32.2. The molecule has 4 aromatic rings. The third kappa shape index (κ3) is 5.45. The van der Waals surface area contributed by atoms with Gasteiger partial charge >= 0.3 is 5.97 Å². The summed E-state index contributed by atoms with van der Waals surface area (Å²) in [5.74, 6) is -1.02. The molecule has 0 aliphatic heterocycles.